The average molecular weight is 200 g/mol. The molecule has 3 heteroatoms. The molecule has 2 N–H and O–H groups in total. The van der Waals surface area contributed by atoms with Crippen LogP contribution in [0.1, 0.15) is 0 Å². The first-order valence-corrected chi connectivity index (χ1v) is 5.19. The molecule has 0 aliphatic heterocycles. The van der Waals surface area contributed by atoms with Gasteiger partial charge in [0.2, 0.25) is 0 Å². The summed E-state index contributed by atoms with van der Waals surface area (Å²) in [6.07, 6.45) is 1.71. The fourth-order valence-electron chi connectivity index (χ4n) is 1.61. The predicted octanol–water partition coefficient (Wildman–Crippen LogP) is 3.03. The van der Waals surface area contributed by atoms with Crippen LogP contribution in [0.2, 0.25) is 0 Å². The highest BCUT2D eigenvalue weighted by molar-refractivity contribution is 7.25. The Morgan fingerprint density at radius 3 is 2.93 bits per heavy atom. The third kappa shape index (κ3) is 0.992. The Hall–Kier alpha value is -1.61. The van der Waals surface area contributed by atoms with E-state index in [2.05, 4.69) is 17.1 Å². The molecule has 0 bridgehead atoms. The van der Waals surface area contributed by atoms with Crippen LogP contribution in [-0.2, 0) is 0 Å². The second kappa shape index (κ2) is 2.69. The van der Waals surface area contributed by atoms with Crippen LogP contribution in [0.4, 0.5) is 5.69 Å². The van der Waals surface area contributed by atoms with Crippen LogP contribution in [0.15, 0.2) is 36.5 Å². The van der Waals surface area contributed by atoms with Gasteiger partial charge in [-0.15, -0.1) is 11.3 Å². The number of thiophene rings is 1. The Balaban J connectivity index is 2.57. The number of benzene rings is 1. The third-order valence-corrected chi connectivity index (χ3v) is 3.34. The molecule has 0 amide bonds. The quantitative estimate of drug-likeness (QED) is 0.605. The Morgan fingerprint density at radius 2 is 2.00 bits per heavy atom. The second-order valence-electron chi connectivity index (χ2n) is 3.21. The number of hydrogen-bond acceptors (Lipinski definition) is 3. The zero-order valence-electron chi connectivity index (χ0n) is 7.40. The van der Waals surface area contributed by atoms with Crippen molar-refractivity contribution >= 4 is 37.3 Å². The van der Waals surface area contributed by atoms with Gasteiger partial charge in [0.25, 0.3) is 0 Å². The Morgan fingerprint density at radius 1 is 1.14 bits per heavy atom. The highest BCUT2D eigenvalue weighted by atomic mass is 32.1. The van der Waals surface area contributed by atoms with Gasteiger partial charge < -0.3 is 5.73 Å². The Labute approximate surface area is 85.0 Å². The Bertz CT molecular complexity index is 613. The lowest BCUT2D eigenvalue weighted by molar-refractivity contribution is 1.44. The van der Waals surface area contributed by atoms with Crippen LogP contribution in [0.5, 0.6) is 0 Å². The maximum absolute atomic E-state index is 5.69. The fraction of sp³-hybridized carbons (Fsp3) is 0. The van der Waals surface area contributed by atoms with Crippen LogP contribution >= 0.6 is 11.3 Å². The number of nitrogens with two attached hydrogens (primary N) is 1. The van der Waals surface area contributed by atoms with Crippen molar-refractivity contribution in [3.05, 3.63) is 36.5 Å². The number of fused-ring (bicyclic) bond motifs is 3. The Kier molecular flexibility index (Phi) is 1.49. The van der Waals surface area contributed by atoms with E-state index in [1.54, 1.807) is 17.5 Å². The van der Waals surface area contributed by atoms with Gasteiger partial charge in [-0.3, -0.25) is 4.98 Å². The largest absolute Gasteiger partial charge is 0.397 e. The molecule has 0 saturated carbocycles. The smallest absolute Gasteiger partial charge is 0.0890 e. The van der Waals surface area contributed by atoms with Crippen molar-refractivity contribution in [1.29, 1.82) is 0 Å². The minimum Gasteiger partial charge on any atom is -0.397 e. The second-order valence-corrected chi connectivity index (χ2v) is 4.30. The topological polar surface area (TPSA) is 38.9 Å². The molecule has 0 fully saturated rings. The predicted molar refractivity (Wildman–Crippen MR) is 61.5 cm³/mol. The third-order valence-electron chi connectivity index (χ3n) is 2.24. The van der Waals surface area contributed by atoms with Crippen molar-refractivity contribution in [2.45, 2.75) is 0 Å². The van der Waals surface area contributed by atoms with Crippen molar-refractivity contribution in [3.63, 3.8) is 0 Å². The van der Waals surface area contributed by atoms with Gasteiger partial charge >= 0.3 is 0 Å². The van der Waals surface area contributed by atoms with E-state index in [4.69, 9.17) is 5.73 Å². The van der Waals surface area contributed by atoms with Gasteiger partial charge in [-0.1, -0.05) is 18.2 Å². The highest BCUT2D eigenvalue weighted by Crippen LogP contribution is 2.32. The zero-order valence-corrected chi connectivity index (χ0v) is 8.21. The van der Waals surface area contributed by atoms with Crippen LogP contribution in [-0.4, -0.2) is 4.98 Å². The molecule has 2 aromatic heterocycles. The number of aromatic nitrogens is 1. The molecule has 0 radical (unpaired) electrons. The molecule has 0 atom stereocenters. The molecule has 2 nitrogen and oxygen atoms in total. The summed E-state index contributed by atoms with van der Waals surface area (Å²) in [5, 5.41) is 1.22. The van der Waals surface area contributed by atoms with E-state index in [9.17, 15) is 0 Å². The van der Waals surface area contributed by atoms with Gasteiger partial charge in [0.15, 0.2) is 0 Å². The molecule has 0 aliphatic carbocycles. The summed E-state index contributed by atoms with van der Waals surface area (Å²) in [5.41, 5.74) is 7.47. The van der Waals surface area contributed by atoms with E-state index in [1.807, 2.05) is 18.2 Å². The number of anilines is 1. The molecule has 0 aliphatic rings. The SMILES string of the molecule is Nc1cnc2c(c1)sc1ccccc12. The standard InChI is InChI=1S/C11H8N2S/c12-7-5-10-11(13-6-7)8-3-1-2-4-9(8)14-10/h1-6H,12H2. The van der Waals surface area contributed by atoms with E-state index in [0.29, 0.717) is 0 Å². The van der Waals surface area contributed by atoms with E-state index in [0.717, 1.165) is 15.9 Å². The molecule has 3 aromatic rings. The zero-order chi connectivity index (χ0) is 9.54. The van der Waals surface area contributed by atoms with Crippen LogP contribution in [0.3, 0.4) is 0 Å². The van der Waals surface area contributed by atoms with Gasteiger partial charge in [0.05, 0.1) is 22.1 Å². The minimum absolute atomic E-state index is 0.726. The lowest BCUT2D eigenvalue weighted by Gasteiger charge is -1.91. The molecule has 2 heterocycles. The molecule has 0 unspecified atom stereocenters. The summed E-state index contributed by atoms with van der Waals surface area (Å²) in [5.74, 6) is 0. The first-order chi connectivity index (χ1) is 6.84. The summed E-state index contributed by atoms with van der Waals surface area (Å²) in [7, 11) is 0. The number of rotatable bonds is 0. The van der Waals surface area contributed by atoms with Crippen molar-refractivity contribution in [2.24, 2.45) is 0 Å². The number of nitrogens with zero attached hydrogens (tertiary/aromatic N) is 1. The fourth-order valence-corrected chi connectivity index (χ4v) is 2.72. The minimum atomic E-state index is 0.726. The van der Waals surface area contributed by atoms with Gasteiger partial charge in [-0.05, 0) is 12.1 Å². The molecule has 1 aromatic carbocycles. The highest BCUT2D eigenvalue weighted by Gasteiger charge is 2.04. The maximum Gasteiger partial charge on any atom is 0.0890 e. The number of nitrogen functional groups attached to an aromatic ring is 1. The summed E-state index contributed by atoms with van der Waals surface area (Å²) < 4.78 is 2.42. The van der Waals surface area contributed by atoms with Gasteiger partial charge in [-0.2, -0.15) is 0 Å². The van der Waals surface area contributed by atoms with Gasteiger partial charge in [-0.25, -0.2) is 0 Å². The van der Waals surface area contributed by atoms with E-state index < -0.39 is 0 Å². The molecule has 14 heavy (non-hydrogen) atoms. The van der Waals surface area contributed by atoms with Crippen molar-refractivity contribution in [2.75, 3.05) is 5.73 Å². The molecular formula is C11H8N2S. The van der Waals surface area contributed by atoms with Crippen molar-refractivity contribution in [3.8, 4) is 0 Å². The van der Waals surface area contributed by atoms with E-state index in [-0.39, 0.29) is 0 Å². The summed E-state index contributed by atoms with van der Waals surface area (Å²) in [6.45, 7) is 0. The van der Waals surface area contributed by atoms with Gasteiger partial charge in [0, 0.05) is 10.1 Å². The van der Waals surface area contributed by atoms with Crippen molar-refractivity contribution in [1.82, 2.24) is 4.98 Å². The average Bonchev–Trinajstić information content (AvgIpc) is 2.54. The normalized spacial score (nSPS) is 11.1. The summed E-state index contributed by atoms with van der Waals surface area (Å²) >= 11 is 1.73. The molecule has 3 rings (SSSR count). The molecule has 68 valence electrons. The van der Waals surface area contributed by atoms with E-state index in [1.165, 1.54) is 10.1 Å². The van der Waals surface area contributed by atoms with Crippen LogP contribution in [0.25, 0.3) is 20.3 Å². The van der Waals surface area contributed by atoms with E-state index >= 15 is 0 Å². The maximum atomic E-state index is 5.69. The van der Waals surface area contributed by atoms with Crippen molar-refractivity contribution < 1.29 is 0 Å². The molecule has 0 saturated heterocycles. The number of pyridine rings is 1. The number of hydrogen-bond donors (Lipinski definition) is 1. The first kappa shape index (κ1) is 7.76. The summed E-state index contributed by atoms with van der Waals surface area (Å²) in [4.78, 5) is 4.35. The summed E-state index contributed by atoms with van der Waals surface area (Å²) in [6, 6.07) is 10.3. The molecular weight excluding hydrogens is 192 g/mol. The lowest BCUT2D eigenvalue weighted by atomic mass is 10.2. The molecule has 0 spiro atoms. The van der Waals surface area contributed by atoms with Crippen LogP contribution < -0.4 is 5.73 Å². The first-order valence-electron chi connectivity index (χ1n) is 4.37. The lowest BCUT2D eigenvalue weighted by Crippen LogP contribution is -1.84. The monoisotopic (exact) mass is 200 g/mol. The van der Waals surface area contributed by atoms with Crippen LogP contribution in [0, 0.1) is 0 Å². The van der Waals surface area contributed by atoms with Gasteiger partial charge in [0.1, 0.15) is 0 Å².